The van der Waals surface area contributed by atoms with Gasteiger partial charge in [0, 0.05) is 37.3 Å². The molecule has 2 aromatic rings. The highest BCUT2D eigenvalue weighted by Crippen LogP contribution is 2.36. The van der Waals surface area contributed by atoms with Crippen LogP contribution in [0.1, 0.15) is 36.1 Å². The van der Waals surface area contributed by atoms with Gasteiger partial charge in [0.15, 0.2) is 0 Å². The predicted octanol–water partition coefficient (Wildman–Crippen LogP) is 1.99. The average molecular weight is 466 g/mol. The number of fused-ring (bicyclic) bond motifs is 1. The minimum atomic E-state index is -4.61. The molecule has 2 aromatic heterocycles. The number of alkyl halides is 3. The second-order valence-electron chi connectivity index (χ2n) is 8.64. The number of aliphatic hydroxyl groups is 1. The quantitative estimate of drug-likeness (QED) is 0.684. The van der Waals surface area contributed by atoms with Crippen molar-refractivity contribution < 1.29 is 27.8 Å². The lowest BCUT2D eigenvalue weighted by atomic mass is 9.93. The zero-order valence-electron chi connectivity index (χ0n) is 17.9. The molecule has 0 saturated carbocycles. The molecule has 12 heteroatoms. The van der Waals surface area contributed by atoms with Gasteiger partial charge in [0.05, 0.1) is 25.0 Å². The van der Waals surface area contributed by atoms with Crippen LogP contribution in [0.25, 0.3) is 0 Å². The number of piperidine rings is 1. The van der Waals surface area contributed by atoms with E-state index in [-0.39, 0.29) is 31.3 Å². The second-order valence-corrected chi connectivity index (χ2v) is 8.64. The van der Waals surface area contributed by atoms with E-state index in [0.717, 1.165) is 49.1 Å². The third-order valence-corrected chi connectivity index (χ3v) is 6.17. The Bertz CT molecular complexity index is 1000. The number of hydrogen-bond donors (Lipinski definition) is 2. The molecule has 0 bridgehead atoms. The van der Waals surface area contributed by atoms with E-state index in [1.54, 1.807) is 0 Å². The van der Waals surface area contributed by atoms with Crippen molar-refractivity contribution in [1.29, 1.82) is 0 Å². The molecule has 0 spiro atoms. The summed E-state index contributed by atoms with van der Waals surface area (Å²) in [6.45, 7) is 1.89. The molecule has 0 amide bonds. The highest BCUT2D eigenvalue weighted by molar-refractivity contribution is 5.51. The van der Waals surface area contributed by atoms with E-state index in [4.69, 9.17) is 9.47 Å². The first-order valence-corrected chi connectivity index (χ1v) is 11.1. The topological polar surface area (TPSA) is 106 Å². The monoisotopic (exact) mass is 466 g/mol. The molecule has 178 valence electrons. The summed E-state index contributed by atoms with van der Waals surface area (Å²) in [5.41, 5.74) is 0.939. The highest BCUT2D eigenvalue weighted by atomic mass is 19.4. The van der Waals surface area contributed by atoms with Crippen molar-refractivity contribution in [3.8, 4) is 5.88 Å². The van der Waals surface area contributed by atoms with E-state index in [2.05, 4.69) is 30.2 Å². The van der Waals surface area contributed by atoms with Gasteiger partial charge in [0.1, 0.15) is 23.8 Å². The van der Waals surface area contributed by atoms with Crippen LogP contribution >= 0.6 is 0 Å². The fraction of sp³-hybridized carbons (Fsp3) is 0.619. The Morgan fingerprint density at radius 2 is 2.03 bits per heavy atom. The Morgan fingerprint density at radius 3 is 2.79 bits per heavy atom. The van der Waals surface area contributed by atoms with Gasteiger partial charge in [-0.2, -0.15) is 18.2 Å². The van der Waals surface area contributed by atoms with Gasteiger partial charge < -0.3 is 24.8 Å². The highest BCUT2D eigenvalue weighted by Gasteiger charge is 2.38. The molecule has 0 aromatic carbocycles. The van der Waals surface area contributed by atoms with Crippen LogP contribution in [0, 0.1) is 0 Å². The van der Waals surface area contributed by atoms with Crippen molar-refractivity contribution in [2.24, 2.45) is 0 Å². The summed E-state index contributed by atoms with van der Waals surface area (Å²) in [5, 5.41) is 13.1. The van der Waals surface area contributed by atoms with Crippen LogP contribution in [-0.2, 0) is 23.8 Å². The van der Waals surface area contributed by atoms with E-state index in [9.17, 15) is 18.3 Å². The van der Waals surface area contributed by atoms with Crippen LogP contribution in [-0.4, -0.2) is 69.6 Å². The molecular formula is C21H25F3N6O3. The smallest absolute Gasteiger partial charge is 0.423 e. The average Bonchev–Trinajstić information content (AvgIpc) is 2.75. The van der Waals surface area contributed by atoms with Crippen molar-refractivity contribution >= 4 is 11.8 Å². The first-order chi connectivity index (χ1) is 15.9. The van der Waals surface area contributed by atoms with Gasteiger partial charge in [-0.05, 0) is 25.7 Å². The van der Waals surface area contributed by atoms with Crippen LogP contribution in [0.5, 0.6) is 5.88 Å². The number of nitrogens with one attached hydrogen (secondary N) is 1. The predicted molar refractivity (Wildman–Crippen MR) is 111 cm³/mol. The fourth-order valence-corrected chi connectivity index (χ4v) is 4.41. The largest absolute Gasteiger partial charge is 0.469 e. The summed E-state index contributed by atoms with van der Waals surface area (Å²) in [4.78, 5) is 18.9. The molecular weight excluding hydrogens is 441 g/mol. The molecule has 0 radical (unpaired) electrons. The Hall–Kier alpha value is -2.73. The van der Waals surface area contributed by atoms with Crippen molar-refractivity contribution in [3.63, 3.8) is 0 Å². The third-order valence-electron chi connectivity index (χ3n) is 6.17. The van der Waals surface area contributed by atoms with Crippen LogP contribution < -0.4 is 15.0 Å². The summed E-state index contributed by atoms with van der Waals surface area (Å²) in [6, 6.07) is -0.0739. The molecule has 1 aliphatic carbocycles. The summed E-state index contributed by atoms with van der Waals surface area (Å²) < 4.78 is 50.5. The van der Waals surface area contributed by atoms with Gasteiger partial charge >= 0.3 is 6.18 Å². The van der Waals surface area contributed by atoms with Crippen molar-refractivity contribution in [3.05, 3.63) is 29.3 Å². The van der Waals surface area contributed by atoms with Crippen LogP contribution in [0.3, 0.4) is 0 Å². The Morgan fingerprint density at radius 1 is 1.18 bits per heavy atom. The first-order valence-electron chi connectivity index (χ1n) is 11.1. The summed E-state index contributed by atoms with van der Waals surface area (Å²) in [5.74, 6) is 0.475. The maximum absolute atomic E-state index is 13.4. The number of halogens is 3. The SMILES string of the molecule is OC1CCc2c(ncnc2N2CCC[C@@H](Nc3ncc(C(F)(F)F)c(OC4COC4)n3)C2)C1. The lowest BCUT2D eigenvalue weighted by Gasteiger charge is -2.36. The maximum atomic E-state index is 13.4. The van der Waals surface area contributed by atoms with Gasteiger partial charge in [-0.3, -0.25) is 0 Å². The number of aliphatic hydroxyl groups excluding tert-OH is 1. The number of ether oxygens (including phenoxy) is 2. The fourth-order valence-electron chi connectivity index (χ4n) is 4.41. The number of hydrogen-bond acceptors (Lipinski definition) is 9. The number of rotatable bonds is 5. The minimum absolute atomic E-state index is 0.0739. The van der Waals surface area contributed by atoms with E-state index in [1.807, 2.05) is 0 Å². The minimum Gasteiger partial charge on any atom is -0.469 e. The van der Waals surface area contributed by atoms with Gasteiger partial charge in [-0.15, -0.1) is 0 Å². The van der Waals surface area contributed by atoms with Crippen molar-refractivity contribution in [2.45, 2.75) is 56.5 Å². The second kappa shape index (κ2) is 8.90. The van der Waals surface area contributed by atoms with Crippen molar-refractivity contribution in [1.82, 2.24) is 19.9 Å². The molecule has 1 unspecified atom stereocenters. The summed E-state index contributed by atoms with van der Waals surface area (Å²) >= 11 is 0. The van der Waals surface area contributed by atoms with Crippen LogP contribution in [0.2, 0.25) is 0 Å². The van der Waals surface area contributed by atoms with Gasteiger partial charge in [-0.25, -0.2) is 15.0 Å². The number of aromatic nitrogens is 4. The molecule has 2 N–H and O–H groups in total. The van der Waals surface area contributed by atoms with Crippen LogP contribution in [0.4, 0.5) is 24.9 Å². The van der Waals surface area contributed by atoms with E-state index >= 15 is 0 Å². The van der Waals surface area contributed by atoms with Gasteiger partial charge in [0.2, 0.25) is 11.8 Å². The Labute approximate surface area is 188 Å². The molecule has 2 aliphatic heterocycles. The zero-order valence-corrected chi connectivity index (χ0v) is 17.9. The van der Waals surface area contributed by atoms with Gasteiger partial charge in [-0.1, -0.05) is 0 Å². The van der Waals surface area contributed by atoms with E-state index in [1.165, 1.54) is 6.33 Å². The first kappa shape index (κ1) is 22.1. The number of anilines is 2. The molecule has 2 saturated heterocycles. The Kier molecular flexibility index (Phi) is 5.95. The summed E-state index contributed by atoms with van der Waals surface area (Å²) in [7, 11) is 0. The molecule has 9 nitrogen and oxygen atoms in total. The normalized spacial score (nSPS) is 23.6. The molecule has 4 heterocycles. The molecule has 3 aliphatic rings. The molecule has 2 fully saturated rings. The molecule has 33 heavy (non-hydrogen) atoms. The van der Waals surface area contributed by atoms with E-state index < -0.39 is 23.7 Å². The zero-order chi connectivity index (χ0) is 23.0. The van der Waals surface area contributed by atoms with Crippen molar-refractivity contribution in [2.75, 3.05) is 36.5 Å². The lowest BCUT2D eigenvalue weighted by molar-refractivity contribution is -0.142. The standard InChI is InChI=1S/C21H25F3N6O3/c22-21(23,24)16-7-25-20(29-19(16)33-14-9-32-10-14)28-12-2-1-5-30(8-12)18-15-4-3-13(31)6-17(15)26-11-27-18/h7,11-14,31H,1-6,8-10H2,(H,25,28,29)/t12-,13?/m1/s1. The third kappa shape index (κ3) is 4.81. The number of nitrogens with zero attached hydrogens (tertiary/aromatic N) is 5. The van der Waals surface area contributed by atoms with Crippen LogP contribution in [0.15, 0.2) is 12.5 Å². The lowest BCUT2D eigenvalue weighted by Crippen LogP contribution is -2.43. The summed E-state index contributed by atoms with van der Waals surface area (Å²) in [6.07, 6.45) is 0.465. The molecule has 2 atom stereocenters. The van der Waals surface area contributed by atoms with E-state index in [0.29, 0.717) is 19.4 Å². The Balaban J connectivity index is 1.32. The molecule has 5 rings (SSSR count). The van der Waals surface area contributed by atoms with Gasteiger partial charge in [0.25, 0.3) is 0 Å². The maximum Gasteiger partial charge on any atom is 0.423 e.